The zero-order valence-corrected chi connectivity index (χ0v) is 16.4. The summed E-state index contributed by atoms with van der Waals surface area (Å²) in [7, 11) is -1.73. The molecule has 0 aliphatic rings. The van der Waals surface area contributed by atoms with E-state index in [4.69, 9.17) is 9.16 Å². The number of hydrogen-bond donors (Lipinski definition) is 0. The summed E-state index contributed by atoms with van der Waals surface area (Å²) in [5, 5.41) is 0.239. The zero-order chi connectivity index (χ0) is 15.2. The molecule has 0 amide bonds. The Bertz CT molecular complexity index is 387. The van der Waals surface area contributed by atoms with E-state index in [9.17, 15) is 0 Å². The van der Waals surface area contributed by atoms with Crippen LogP contribution < -0.4 is 4.74 Å². The van der Waals surface area contributed by atoms with Gasteiger partial charge in [0.2, 0.25) is 0 Å². The van der Waals surface area contributed by atoms with Gasteiger partial charge in [-0.15, -0.1) is 0 Å². The first-order valence-electron chi connectivity index (χ1n) is 7.18. The Labute approximate surface area is 138 Å². The van der Waals surface area contributed by atoms with Crippen LogP contribution >= 0.6 is 22.6 Å². The minimum atomic E-state index is -1.73. The van der Waals surface area contributed by atoms with Crippen molar-refractivity contribution in [2.24, 2.45) is 0 Å². The van der Waals surface area contributed by atoms with Gasteiger partial charge in [-0.3, -0.25) is 0 Å². The highest BCUT2D eigenvalue weighted by Crippen LogP contribution is 2.37. The Balaban J connectivity index is 2.61. The molecule has 1 atom stereocenters. The van der Waals surface area contributed by atoms with Crippen molar-refractivity contribution in [3.8, 4) is 5.75 Å². The topological polar surface area (TPSA) is 18.5 Å². The molecule has 20 heavy (non-hydrogen) atoms. The molecule has 4 heteroatoms. The standard InChI is InChI=1S/C16H27IO2Si/c1-16(2,3)20(4,5)19-15(11-12-17)13-18-14-9-7-6-8-10-14/h6-10,15H,11-13H2,1-5H3/t15-/m1/s1. The van der Waals surface area contributed by atoms with Crippen LogP contribution in [-0.2, 0) is 4.43 Å². The highest BCUT2D eigenvalue weighted by molar-refractivity contribution is 14.1. The molecule has 0 radical (unpaired) electrons. The van der Waals surface area contributed by atoms with Crippen LogP contribution in [0.1, 0.15) is 27.2 Å². The Morgan fingerprint density at radius 3 is 2.25 bits per heavy atom. The van der Waals surface area contributed by atoms with Gasteiger partial charge in [-0.1, -0.05) is 61.6 Å². The van der Waals surface area contributed by atoms with E-state index in [0.29, 0.717) is 6.61 Å². The molecule has 0 spiro atoms. The molecule has 0 aliphatic carbocycles. The molecular formula is C16H27IO2Si. The number of hydrogen-bond acceptors (Lipinski definition) is 2. The number of rotatable bonds is 7. The van der Waals surface area contributed by atoms with Gasteiger partial charge in [0.15, 0.2) is 8.32 Å². The molecule has 114 valence electrons. The van der Waals surface area contributed by atoms with Crippen LogP contribution in [0, 0.1) is 0 Å². The predicted molar refractivity (Wildman–Crippen MR) is 97.5 cm³/mol. The second-order valence-electron chi connectivity index (χ2n) is 6.60. The lowest BCUT2D eigenvalue weighted by molar-refractivity contribution is 0.113. The lowest BCUT2D eigenvalue weighted by Crippen LogP contribution is -2.45. The summed E-state index contributed by atoms with van der Waals surface area (Å²) in [4.78, 5) is 0. The first-order valence-corrected chi connectivity index (χ1v) is 11.6. The molecule has 1 rings (SSSR count). The summed E-state index contributed by atoms with van der Waals surface area (Å²) in [6.45, 7) is 12.1. The second kappa shape index (κ2) is 7.80. The summed E-state index contributed by atoms with van der Waals surface area (Å²) in [5.41, 5.74) is 0. The monoisotopic (exact) mass is 406 g/mol. The lowest BCUT2D eigenvalue weighted by atomic mass is 10.2. The van der Waals surface area contributed by atoms with Crippen LogP contribution in [0.2, 0.25) is 18.1 Å². The minimum Gasteiger partial charge on any atom is -0.491 e. The first-order chi connectivity index (χ1) is 9.26. The third kappa shape index (κ3) is 5.74. The van der Waals surface area contributed by atoms with Crippen molar-refractivity contribution in [3.05, 3.63) is 30.3 Å². The number of halogens is 1. The SMILES string of the molecule is CC(C)(C)[Si](C)(C)O[C@H](CCI)COc1ccccc1. The molecule has 0 heterocycles. The van der Waals surface area contributed by atoms with Crippen LogP contribution in [0.3, 0.4) is 0 Å². The molecule has 0 fully saturated rings. The average molecular weight is 406 g/mol. The van der Waals surface area contributed by atoms with Gasteiger partial charge in [0.05, 0.1) is 6.10 Å². The van der Waals surface area contributed by atoms with Crippen molar-refractivity contribution in [3.63, 3.8) is 0 Å². The Morgan fingerprint density at radius 2 is 1.75 bits per heavy atom. The summed E-state index contributed by atoms with van der Waals surface area (Å²) < 4.78 is 13.4. The van der Waals surface area contributed by atoms with Crippen molar-refractivity contribution in [1.29, 1.82) is 0 Å². The number of benzene rings is 1. The van der Waals surface area contributed by atoms with E-state index in [1.165, 1.54) is 0 Å². The molecular weight excluding hydrogens is 379 g/mol. The molecule has 0 saturated carbocycles. The van der Waals surface area contributed by atoms with Crippen molar-refractivity contribution in [2.75, 3.05) is 11.0 Å². The molecule has 0 aromatic heterocycles. The average Bonchev–Trinajstić information content (AvgIpc) is 2.36. The molecule has 0 aliphatic heterocycles. The highest BCUT2D eigenvalue weighted by atomic mass is 127. The molecule has 0 unspecified atom stereocenters. The number of alkyl halides is 1. The maximum absolute atomic E-state index is 6.47. The van der Waals surface area contributed by atoms with Crippen molar-refractivity contribution >= 4 is 30.9 Å². The van der Waals surface area contributed by atoms with E-state index in [-0.39, 0.29) is 11.1 Å². The van der Waals surface area contributed by atoms with Crippen LogP contribution in [0.15, 0.2) is 30.3 Å². The largest absolute Gasteiger partial charge is 0.491 e. The second-order valence-corrected chi connectivity index (χ2v) is 12.4. The van der Waals surface area contributed by atoms with Gasteiger partial charge in [0, 0.05) is 4.43 Å². The Kier molecular flexibility index (Phi) is 7.01. The van der Waals surface area contributed by atoms with Gasteiger partial charge < -0.3 is 9.16 Å². The van der Waals surface area contributed by atoms with E-state index in [1.54, 1.807) is 0 Å². The number of ether oxygens (including phenoxy) is 1. The van der Waals surface area contributed by atoms with Gasteiger partial charge in [-0.2, -0.15) is 0 Å². The van der Waals surface area contributed by atoms with E-state index in [1.807, 2.05) is 30.3 Å². The normalized spacial score (nSPS) is 14.1. The Morgan fingerprint density at radius 1 is 1.15 bits per heavy atom. The summed E-state index contributed by atoms with van der Waals surface area (Å²) in [6.07, 6.45) is 1.23. The van der Waals surface area contributed by atoms with Gasteiger partial charge in [-0.25, -0.2) is 0 Å². The minimum absolute atomic E-state index is 0.188. The van der Waals surface area contributed by atoms with Crippen molar-refractivity contribution in [2.45, 2.75) is 51.4 Å². The molecule has 1 aromatic carbocycles. The quantitative estimate of drug-likeness (QED) is 0.348. The van der Waals surface area contributed by atoms with Gasteiger partial charge in [-0.05, 0) is 36.7 Å². The molecule has 0 N–H and O–H groups in total. The van der Waals surface area contributed by atoms with E-state index < -0.39 is 8.32 Å². The fourth-order valence-electron chi connectivity index (χ4n) is 1.60. The van der Waals surface area contributed by atoms with Crippen LogP contribution in [0.5, 0.6) is 5.75 Å². The van der Waals surface area contributed by atoms with Crippen LogP contribution in [0.25, 0.3) is 0 Å². The van der Waals surface area contributed by atoms with Crippen LogP contribution in [-0.4, -0.2) is 25.5 Å². The lowest BCUT2D eigenvalue weighted by Gasteiger charge is -2.39. The third-order valence-corrected chi connectivity index (χ3v) is 9.04. The summed E-state index contributed by atoms with van der Waals surface area (Å²) >= 11 is 2.41. The molecule has 0 bridgehead atoms. The van der Waals surface area contributed by atoms with Gasteiger partial charge in [0.1, 0.15) is 12.4 Å². The van der Waals surface area contributed by atoms with Crippen molar-refractivity contribution in [1.82, 2.24) is 0 Å². The third-order valence-electron chi connectivity index (χ3n) is 3.88. The number of para-hydroxylation sites is 1. The molecule has 0 saturated heterocycles. The molecule has 2 nitrogen and oxygen atoms in total. The van der Waals surface area contributed by atoms with E-state index in [0.717, 1.165) is 16.6 Å². The van der Waals surface area contributed by atoms with Gasteiger partial charge in [0.25, 0.3) is 0 Å². The maximum atomic E-state index is 6.47. The molecule has 1 aromatic rings. The summed E-state index contributed by atoms with van der Waals surface area (Å²) in [6, 6.07) is 9.98. The Hall–Kier alpha value is -0.0731. The maximum Gasteiger partial charge on any atom is 0.192 e. The smallest absolute Gasteiger partial charge is 0.192 e. The van der Waals surface area contributed by atoms with Gasteiger partial charge >= 0.3 is 0 Å². The first kappa shape index (κ1) is 18.0. The summed E-state index contributed by atoms with van der Waals surface area (Å²) in [5.74, 6) is 0.921. The fraction of sp³-hybridized carbons (Fsp3) is 0.625. The predicted octanol–water partition coefficient (Wildman–Crippen LogP) is 5.28. The fourth-order valence-corrected chi connectivity index (χ4v) is 3.66. The van der Waals surface area contributed by atoms with E-state index in [2.05, 4.69) is 56.5 Å². The zero-order valence-electron chi connectivity index (χ0n) is 13.3. The van der Waals surface area contributed by atoms with E-state index >= 15 is 0 Å². The highest BCUT2D eigenvalue weighted by Gasteiger charge is 2.39. The van der Waals surface area contributed by atoms with Crippen molar-refractivity contribution < 1.29 is 9.16 Å². The van der Waals surface area contributed by atoms with Crippen LogP contribution in [0.4, 0.5) is 0 Å².